The van der Waals surface area contributed by atoms with Crippen molar-refractivity contribution in [3.63, 3.8) is 0 Å². The molecule has 0 unspecified atom stereocenters. The molecule has 1 N–H and O–H groups in total. The van der Waals surface area contributed by atoms with Crippen LogP contribution in [0.5, 0.6) is 0 Å². The molecule has 1 aromatic rings. The SMILES string of the molecule is CC/C=C(/C)C(=O)NCc1cccc(Br)c1. The molecule has 0 aliphatic heterocycles. The first kappa shape index (κ1) is 13.0. The van der Waals surface area contributed by atoms with Gasteiger partial charge in [0, 0.05) is 16.6 Å². The van der Waals surface area contributed by atoms with Gasteiger partial charge in [-0.05, 0) is 31.0 Å². The second kappa shape index (κ2) is 6.48. The highest BCUT2D eigenvalue weighted by Gasteiger charge is 2.02. The van der Waals surface area contributed by atoms with Gasteiger partial charge >= 0.3 is 0 Å². The average Bonchev–Trinajstić information content (AvgIpc) is 2.26. The molecule has 3 heteroatoms. The molecule has 0 radical (unpaired) electrons. The lowest BCUT2D eigenvalue weighted by Gasteiger charge is -2.05. The summed E-state index contributed by atoms with van der Waals surface area (Å²) in [6, 6.07) is 7.91. The van der Waals surface area contributed by atoms with Gasteiger partial charge in [-0.3, -0.25) is 4.79 Å². The molecule has 0 heterocycles. The van der Waals surface area contributed by atoms with Crippen molar-refractivity contribution in [3.05, 3.63) is 46.0 Å². The fourth-order valence-electron chi connectivity index (χ4n) is 1.37. The lowest BCUT2D eigenvalue weighted by Crippen LogP contribution is -2.23. The van der Waals surface area contributed by atoms with Gasteiger partial charge in [-0.25, -0.2) is 0 Å². The summed E-state index contributed by atoms with van der Waals surface area (Å²) in [7, 11) is 0. The number of nitrogens with one attached hydrogen (secondary N) is 1. The van der Waals surface area contributed by atoms with Crippen LogP contribution in [0.2, 0.25) is 0 Å². The van der Waals surface area contributed by atoms with E-state index in [1.54, 1.807) is 0 Å². The summed E-state index contributed by atoms with van der Waals surface area (Å²) in [5, 5.41) is 2.88. The average molecular weight is 282 g/mol. The van der Waals surface area contributed by atoms with E-state index in [2.05, 4.69) is 21.2 Å². The van der Waals surface area contributed by atoms with E-state index in [0.29, 0.717) is 6.54 Å². The van der Waals surface area contributed by atoms with Crippen molar-refractivity contribution < 1.29 is 4.79 Å². The van der Waals surface area contributed by atoms with E-state index in [1.807, 2.05) is 44.2 Å². The Balaban J connectivity index is 2.52. The molecule has 0 saturated heterocycles. The van der Waals surface area contributed by atoms with E-state index in [-0.39, 0.29) is 5.91 Å². The molecule has 2 nitrogen and oxygen atoms in total. The Bertz CT molecular complexity index is 399. The molecule has 86 valence electrons. The third kappa shape index (κ3) is 4.19. The van der Waals surface area contributed by atoms with Crippen LogP contribution >= 0.6 is 15.9 Å². The maximum atomic E-state index is 11.6. The van der Waals surface area contributed by atoms with Crippen molar-refractivity contribution in [2.24, 2.45) is 0 Å². The van der Waals surface area contributed by atoms with Crippen molar-refractivity contribution in [1.82, 2.24) is 5.32 Å². The molecule has 0 spiro atoms. The van der Waals surface area contributed by atoms with Gasteiger partial charge in [0.15, 0.2) is 0 Å². The Morgan fingerprint density at radius 2 is 2.25 bits per heavy atom. The largest absolute Gasteiger partial charge is 0.348 e. The zero-order valence-corrected chi connectivity index (χ0v) is 11.2. The molecule has 0 saturated carbocycles. The number of allylic oxidation sites excluding steroid dienone is 1. The first-order valence-corrected chi connectivity index (χ1v) is 6.12. The minimum absolute atomic E-state index is 0.00169. The molecule has 1 rings (SSSR count). The van der Waals surface area contributed by atoms with Gasteiger partial charge in [-0.1, -0.05) is 41.1 Å². The van der Waals surface area contributed by atoms with E-state index in [1.165, 1.54) is 0 Å². The van der Waals surface area contributed by atoms with E-state index < -0.39 is 0 Å². The monoisotopic (exact) mass is 281 g/mol. The van der Waals surface area contributed by atoms with Gasteiger partial charge in [0.2, 0.25) is 5.91 Å². The molecule has 16 heavy (non-hydrogen) atoms. The van der Waals surface area contributed by atoms with Crippen LogP contribution in [-0.2, 0) is 11.3 Å². The van der Waals surface area contributed by atoms with Gasteiger partial charge in [-0.2, -0.15) is 0 Å². The number of hydrogen-bond donors (Lipinski definition) is 1. The predicted octanol–water partition coefficient (Wildman–Crippen LogP) is 3.42. The van der Waals surface area contributed by atoms with E-state index in [0.717, 1.165) is 22.0 Å². The smallest absolute Gasteiger partial charge is 0.246 e. The second-order valence-electron chi connectivity index (χ2n) is 3.61. The fourth-order valence-corrected chi connectivity index (χ4v) is 1.81. The minimum Gasteiger partial charge on any atom is -0.348 e. The van der Waals surface area contributed by atoms with Gasteiger partial charge < -0.3 is 5.32 Å². The molecular weight excluding hydrogens is 266 g/mol. The van der Waals surface area contributed by atoms with Crippen molar-refractivity contribution in [3.8, 4) is 0 Å². The Hall–Kier alpha value is -1.09. The summed E-state index contributed by atoms with van der Waals surface area (Å²) in [4.78, 5) is 11.6. The Labute approximate surface area is 105 Å². The maximum Gasteiger partial charge on any atom is 0.246 e. The minimum atomic E-state index is 0.00169. The van der Waals surface area contributed by atoms with Crippen LogP contribution in [0.1, 0.15) is 25.8 Å². The number of benzene rings is 1. The van der Waals surface area contributed by atoms with E-state index in [4.69, 9.17) is 0 Å². The quantitative estimate of drug-likeness (QED) is 0.842. The number of carbonyl (C=O) groups is 1. The summed E-state index contributed by atoms with van der Waals surface area (Å²) in [6.07, 6.45) is 2.81. The van der Waals surface area contributed by atoms with Crippen LogP contribution < -0.4 is 5.32 Å². The number of rotatable bonds is 4. The number of halogens is 1. The van der Waals surface area contributed by atoms with Gasteiger partial charge in [0.25, 0.3) is 0 Å². The van der Waals surface area contributed by atoms with Crippen LogP contribution in [0.3, 0.4) is 0 Å². The molecule has 0 fully saturated rings. The highest BCUT2D eigenvalue weighted by Crippen LogP contribution is 2.11. The Morgan fingerprint density at radius 3 is 2.88 bits per heavy atom. The van der Waals surface area contributed by atoms with Crippen molar-refractivity contribution in [2.75, 3.05) is 0 Å². The second-order valence-corrected chi connectivity index (χ2v) is 4.52. The lowest BCUT2D eigenvalue weighted by molar-refractivity contribution is -0.117. The molecule has 0 atom stereocenters. The van der Waals surface area contributed by atoms with Gasteiger partial charge in [0.1, 0.15) is 0 Å². The normalized spacial score (nSPS) is 11.3. The molecule has 0 bridgehead atoms. The van der Waals surface area contributed by atoms with Gasteiger partial charge in [-0.15, -0.1) is 0 Å². The van der Waals surface area contributed by atoms with Gasteiger partial charge in [0.05, 0.1) is 0 Å². The molecule has 0 aliphatic rings. The first-order valence-electron chi connectivity index (χ1n) is 5.33. The maximum absolute atomic E-state index is 11.6. The highest BCUT2D eigenvalue weighted by atomic mass is 79.9. The molecule has 0 aliphatic carbocycles. The lowest BCUT2D eigenvalue weighted by atomic mass is 10.2. The van der Waals surface area contributed by atoms with Crippen LogP contribution in [-0.4, -0.2) is 5.91 Å². The summed E-state index contributed by atoms with van der Waals surface area (Å²) < 4.78 is 1.03. The molecule has 1 amide bonds. The standard InChI is InChI=1S/C13H16BrNO/c1-3-5-10(2)13(16)15-9-11-6-4-7-12(14)8-11/h4-8H,3,9H2,1-2H3,(H,15,16)/b10-5-. The zero-order valence-electron chi connectivity index (χ0n) is 9.59. The Morgan fingerprint density at radius 1 is 1.50 bits per heavy atom. The van der Waals surface area contributed by atoms with Crippen molar-refractivity contribution in [2.45, 2.75) is 26.8 Å². The van der Waals surface area contributed by atoms with Crippen LogP contribution in [0.25, 0.3) is 0 Å². The number of amides is 1. The number of hydrogen-bond acceptors (Lipinski definition) is 1. The molecular formula is C13H16BrNO. The topological polar surface area (TPSA) is 29.1 Å². The fraction of sp³-hybridized carbons (Fsp3) is 0.308. The van der Waals surface area contributed by atoms with E-state index >= 15 is 0 Å². The van der Waals surface area contributed by atoms with Crippen LogP contribution in [0, 0.1) is 0 Å². The number of carbonyl (C=O) groups excluding carboxylic acids is 1. The zero-order chi connectivity index (χ0) is 12.0. The third-order valence-electron chi connectivity index (χ3n) is 2.21. The Kier molecular flexibility index (Phi) is 5.26. The van der Waals surface area contributed by atoms with Crippen molar-refractivity contribution >= 4 is 21.8 Å². The summed E-state index contributed by atoms with van der Waals surface area (Å²) >= 11 is 3.40. The summed E-state index contributed by atoms with van der Waals surface area (Å²) in [5.74, 6) is 0.00169. The molecule has 1 aromatic carbocycles. The molecule has 0 aromatic heterocycles. The first-order chi connectivity index (χ1) is 7.63. The summed E-state index contributed by atoms with van der Waals surface area (Å²) in [6.45, 7) is 4.41. The highest BCUT2D eigenvalue weighted by molar-refractivity contribution is 9.10. The summed E-state index contributed by atoms with van der Waals surface area (Å²) in [5.41, 5.74) is 1.87. The van der Waals surface area contributed by atoms with E-state index in [9.17, 15) is 4.79 Å². The third-order valence-corrected chi connectivity index (χ3v) is 2.70. The van der Waals surface area contributed by atoms with Crippen LogP contribution in [0.15, 0.2) is 40.4 Å². The van der Waals surface area contributed by atoms with Crippen molar-refractivity contribution in [1.29, 1.82) is 0 Å². The predicted molar refractivity (Wildman–Crippen MR) is 70.0 cm³/mol. The van der Waals surface area contributed by atoms with Crippen LogP contribution in [0.4, 0.5) is 0 Å².